The van der Waals surface area contributed by atoms with Gasteiger partial charge < -0.3 is 14.5 Å². The predicted octanol–water partition coefficient (Wildman–Crippen LogP) is 5.21. The van der Waals surface area contributed by atoms with Crippen LogP contribution in [0.25, 0.3) is 10.8 Å². The van der Waals surface area contributed by atoms with Crippen LogP contribution in [0.2, 0.25) is 0 Å². The van der Waals surface area contributed by atoms with Crippen LogP contribution in [0.1, 0.15) is 28.8 Å². The molecule has 4 rings (SSSR count). The first-order valence-electron chi connectivity index (χ1n) is 13.5. The van der Waals surface area contributed by atoms with Crippen LogP contribution in [0.5, 0.6) is 5.75 Å². The normalized spacial score (nSPS) is 11.6. The minimum atomic E-state index is -3.63. The lowest BCUT2D eigenvalue weighted by Crippen LogP contribution is -2.29. The summed E-state index contributed by atoms with van der Waals surface area (Å²) in [5, 5.41) is 1.63. The third-order valence-corrected chi connectivity index (χ3v) is 8.26. The van der Waals surface area contributed by atoms with E-state index in [1.54, 1.807) is 24.3 Å². The lowest BCUT2D eigenvalue weighted by molar-refractivity contribution is 0.103. The number of carbonyl (C=O) groups excluding carboxylic acids is 1. The van der Waals surface area contributed by atoms with Gasteiger partial charge in [-0.1, -0.05) is 54.6 Å². The first-order chi connectivity index (χ1) is 19.3. The summed E-state index contributed by atoms with van der Waals surface area (Å²) in [6, 6.07) is 27.6. The fraction of sp³-hybridized carbons (Fsp3) is 0.281. The SMILES string of the molecule is CN(CCCNS(=O)(=O)c1cccc2c(N(C)C)cccc12)CCCOc1ccc(C(=O)c2ccccc2)cc1. The van der Waals surface area contributed by atoms with Gasteiger partial charge in [0.1, 0.15) is 5.75 Å². The Bertz CT molecular complexity index is 1520. The van der Waals surface area contributed by atoms with Crippen LogP contribution in [-0.4, -0.2) is 66.5 Å². The fourth-order valence-electron chi connectivity index (χ4n) is 4.62. The molecule has 210 valence electrons. The highest BCUT2D eigenvalue weighted by Crippen LogP contribution is 2.30. The van der Waals surface area contributed by atoms with E-state index in [1.165, 1.54) is 0 Å². The largest absolute Gasteiger partial charge is 0.494 e. The quantitative estimate of drug-likeness (QED) is 0.169. The molecule has 0 atom stereocenters. The second kappa shape index (κ2) is 13.6. The molecule has 0 aliphatic rings. The number of hydrogen-bond donors (Lipinski definition) is 1. The van der Waals surface area contributed by atoms with E-state index in [0.29, 0.717) is 35.6 Å². The molecule has 4 aromatic carbocycles. The number of fused-ring (bicyclic) bond motifs is 1. The molecule has 0 fully saturated rings. The Hall–Kier alpha value is -3.72. The van der Waals surface area contributed by atoms with Gasteiger partial charge in [-0.2, -0.15) is 0 Å². The molecule has 0 unspecified atom stereocenters. The number of nitrogens with zero attached hydrogens (tertiary/aromatic N) is 2. The van der Waals surface area contributed by atoms with Crippen LogP contribution in [0.3, 0.4) is 0 Å². The number of ether oxygens (including phenoxy) is 1. The minimum Gasteiger partial charge on any atom is -0.494 e. The number of hydrogen-bond acceptors (Lipinski definition) is 6. The van der Waals surface area contributed by atoms with Crippen LogP contribution in [0.4, 0.5) is 5.69 Å². The molecule has 0 aromatic heterocycles. The lowest BCUT2D eigenvalue weighted by atomic mass is 10.0. The van der Waals surface area contributed by atoms with Crippen LogP contribution in [-0.2, 0) is 10.0 Å². The monoisotopic (exact) mass is 559 g/mol. The van der Waals surface area contributed by atoms with Crippen molar-refractivity contribution in [3.8, 4) is 5.75 Å². The Kier molecular flexibility index (Phi) is 9.93. The van der Waals surface area contributed by atoms with Crippen molar-refractivity contribution >= 4 is 32.3 Å². The van der Waals surface area contributed by atoms with E-state index in [9.17, 15) is 13.2 Å². The number of nitrogens with one attached hydrogen (secondary N) is 1. The van der Waals surface area contributed by atoms with Crippen LogP contribution in [0, 0.1) is 0 Å². The average Bonchev–Trinajstić information content (AvgIpc) is 2.97. The average molecular weight is 560 g/mol. The second-order valence-electron chi connectivity index (χ2n) is 10.00. The minimum absolute atomic E-state index is 0.00773. The molecule has 4 aromatic rings. The van der Waals surface area contributed by atoms with E-state index >= 15 is 0 Å². The number of carbonyl (C=O) groups is 1. The van der Waals surface area contributed by atoms with E-state index in [4.69, 9.17) is 4.74 Å². The molecule has 0 bridgehead atoms. The van der Waals surface area contributed by atoms with Crippen LogP contribution < -0.4 is 14.4 Å². The maximum atomic E-state index is 13.1. The highest BCUT2D eigenvalue weighted by Gasteiger charge is 2.18. The molecule has 1 N–H and O–H groups in total. The third-order valence-electron chi connectivity index (χ3n) is 6.74. The van der Waals surface area contributed by atoms with Crippen molar-refractivity contribution in [2.45, 2.75) is 17.7 Å². The van der Waals surface area contributed by atoms with Gasteiger partial charge in [-0.25, -0.2) is 13.1 Å². The standard InChI is InChI=1S/C32H37N3O4S/c1-34(2)30-15-7-14-29-28(30)13-8-16-31(29)40(37,38)33-21-9-22-35(3)23-10-24-39-27-19-17-26(18-20-27)32(36)25-11-5-4-6-12-25/h4-8,11-20,33H,9-10,21-24H2,1-3H3. The third kappa shape index (κ3) is 7.47. The van der Waals surface area contributed by atoms with Gasteiger partial charge in [0.15, 0.2) is 5.78 Å². The van der Waals surface area contributed by atoms with E-state index in [2.05, 4.69) is 9.62 Å². The zero-order valence-corrected chi connectivity index (χ0v) is 24.2. The predicted molar refractivity (Wildman–Crippen MR) is 162 cm³/mol. The Balaban J connectivity index is 1.18. The summed E-state index contributed by atoms with van der Waals surface area (Å²) in [5.41, 5.74) is 2.28. The molecular weight excluding hydrogens is 522 g/mol. The molecule has 0 amide bonds. The van der Waals surface area contributed by atoms with Crippen molar-refractivity contribution in [3.63, 3.8) is 0 Å². The first-order valence-corrected chi connectivity index (χ1v) is 14.9. The van der Waals surface area contributed by atoms with Crippen molar-refractivity contribution in [3.05, 3.63) is 102 Å². The second-order valence-corrected chi connectivity index (χ2v) is 11.7. The molecule has 0 heterocycles. The molecule has 0 saturated carbocycles. The van der Waals surface area contributed by atoms with Crippen LogP contribution in [0.15, 0.2) is 95.9 Å². The molecule has 0 saturated heterocycles. The van der Waals surface area contributed by atoms with Crippen molar-refractivity contribution in [1.82, 2.24) is 9.62 Å². The molecule has 40 heavy (non-hydrogen) atoms. The van der Waals surface area contributed by atoms with Gasteiger partial charge in [0.05, 0.1) is 11.5 Å². The maximum absolute atomic E-state index is 13.1. The summed E-state index contributed by atoms with van der Waals surface area (Å²) < 4.78 is 34.8. The number of ketones is 1. The fourth-order valence-corrected chi connectivity index (χ4v) is 5.91. The van der Waals surface area contributed by atoms with Crippen molar-refractivity contribution in [1.29, 1.82) is 0 Å². The molecule has 0 aliphatic carbocycles. The van der Waals surface area contributed by atoms with Gasteiger partial charge in [0.25, 0.3) is 0 Å². The number of benzene rings is 4. The van der Waals surface area contributed by atoms with Crippen molar-refractivity contribution in [2.24, 2.45) is 0 Å². The Morgan fingerprint density at radius 1 is 0.750 bits per heavy atom. The van der Waals surface area contributed by atoms with Crippen molar-refractivity contribution in [2.75, 3.05) is 52.3 Å². The van der Waals surface area contributed by atoms with E-state index in [1.807, 2.05) is 92.8 Å². The highest BCUT2D eigenvalue weighted by molar-refractivity contribution is 7.89. The van der Waals surface area contributed by atoms with Gasteiger partial charge in [-0.05, 0) is 62.8 Å². The number of anilines is 1. The molecule has 8 heteroatoms. The number of sulfonamides is 1. The zero-order chi connectivity index (χ0) is 28.5. The summed E-state index contributed by atoms with van der Waals surface area (Å²) >= 11 is 0. The summed E-state index contributed by atoms with van der Waals surface area (Å²) in [6.45, 7) is 2.51. The first kappa shape index (κ1) is 29.3. The van der Waals surface area contributed by atoms with Gasteiger partial charge in [-0.15, -0.1) is 0 Å². The van der Waals surface area contributed by atoms with Crippen LogP contribution >= 0.6 is 0 Å². The van der Waals surface area contributed by atoms with E-state index in [-0.39, 0.29) is 5.78 Å². The summed E-state index contributed by atoms with van der Waals surface area (Å²) in [7, 11) is 2.29. The molecule has 0 radical (unpaired) electrons. The van der Waals surface area contributed by atoms with E-state index in [0.717, 1.165) is 41.7 Å². The maximum Gasteiger partial charge on any atom is 0.241 e. The van der Waals surface area contributed by atoms with Gasteiger partial charge >= 0.3 is 0 Å². The van der Waals surface area contributed by atoms with E-state index < -0.39 is 10.0 Å². The molecule has 7 nitrogen and oxygen atoms in total. The Labute approximate surface area is 237 Å². The Morgan fingerprint density at radius 3 is 2.12 bits per heavy atom. The van der Waals surface area contributed by atoms with Gasteiger partial charge in [-0.3, -0.25) is 4.79 Å². The number of rotatable bonds is 14. The van der Waals surface area contributed by atoms with Gasteiger partial charge in [0, 0.05) is 54.8 Å². The molecule has 0 spiro atoms. The Morgan fingerprint density at radius 2 is 1.40 bits per heavy atom. The summed E-state index contributed by atoms with van der Waals surface area (Å²) in [5.74, 6) is 0.722. The lowest BCUT2D eigenvalue weighted by Gasteiger charge is -2.18. The highest BCUT2D eigenvalue weighted by atomic mass is 32.2. The summed E-state index contributed by atoms with van der Waals surface area (Å²) in [6.07, 6.45) is 1.53. The zero-order valence-electron chi connectivity index (χ0n) is 23.3. The van der Waals surface area contributed by atoms with Crippen molar-refractivity contribution < 1.29 is 17.9 Å². The smallest absolute Gasteiger partial charge is 0.241 e. The molecular formula is C32H37N3O4S. The summed E-state index contributed by atoms with van der Waals surface area (Å²) in [4.78, 5) is 17.0. The molecule has 0 aliphatic heterocycles. The van der Waals surface area contributed by atoms with Gasteiger partial charge in [0.2, 0.25) is 10.0 Å². The topological polar surface area (TPSA) is 79.0 Å².